The van der Waals surface area contributed by atoms with Crippen LogP contribution in [0.4, 0.5) is 0 Å². The van der Waals surface area contributed by atoms with Gasteiger partial charge in [-0.05, 0) is 58.0 Å². The van der Waals surface area contributed by atoms with Crippen LogP contribution >= 0.6 is 43.2 Å². The summed E-state index contributed by atoms with van der Waals surface area (Å²) in [6, 6.07) is 4.33. The molecule has 1 atom stereocenters. The second-order valence-electron chi connectivity index (χ2n) is 3.42. The van der Waals surface area contributed by atoms with Crippen molar-refractivity contribution in [1.29, 1.82) is 0 Å². The predicted molar refractivity (Wildman–Crippen MR) is 74.1 cm³/mol. The van der Waals surface area contributed by atoms with Crippen molar-refractivity contribution in [3.8, 4) is 0 Å². The number of nitrogens with one attached hydrogen (secondary N) is 1. The van der Waals surface area contributed by atoms with Crippen molar-refractivity contribution in [1.82, 2.24) is 5.32 Å². The van der Waals surface area contributed by atoms with Gasteiger partial charge >= 0.3 is 0 Å². The van der Waals surface area contributed by atoms with Crippen LogP contribution in [0.25, 0.3) is 0 Å². The van der Waals surface area contributed by atoms with Gasteiger partial charge in [0.2, 0.25) is 0 Å². The summed E-state index contributed by atoms with van der Waals surface area (Å²) in [5, 5.41) is 3.31. The second kappa shape index (κ2) is 5.04. The molecule has 2 aromatic rings. The van der Waals surface area contributed by atoms with Crippen molar-refractivity contribution in [3.63, 3.8) is 0 Å². The zero-order chi connectivity index (χ0) is 11.7. The molecule has 0 bridgehead atoms. The molecule has 16 heavy (non-hydrogen) atoms. The van der Waals surface area contributed by atoms with Crippen molar-refractivity contribution in [2.45, 2.75) is 13.0 Å². The summed E-state index contributed by atoms with van der Waals surface area (Å²) in [5.74, 6) is 0.958. The van der Waals surface area contributed by atoms with Crippen LogP contribution in [-0.2, 0) is 0 Å². The fraction of sp³-hybridized carbons (Fsp3) is 0.273. The SMILES string of the molecule is CNC(c1cc(Br)c(Br)s1)c1ccoc1C. The molecule has 86 valence electrons. The molecule has 0 saturated heterocycles. The van der Waals surface area contributed by atoms with Crippen molar-refractivity contribution in [2.75, 3.05) is 7.05 Å². The Morgan fingerprint density at radius 1 is 1.44 bits per heavy atom. The van der Waals surface area contributed by atoms with E-state index in [-0.39, 0.29) is 6.04 Å². The first-order valence-electron chi connectivity index (χ1n) is 4.79. The summed E-state index contributed by atoms with van der Waals surface area (Å²) in [6.07, 6.45) is 1.73. The maximum atomic E-state index is 5.35. The van der Waals surface area contributed by atoms with Gasteiger partial charge in [0.25, 0.3) is 0 Å². The van der Waals surface area contributed by atoms with Gasteiger partial charge in [-0.25, -0.2) is 0 Å². The van der Waals surface area contributed by atoms with Crippen LogP contribution < -0.4 is 5.32 Å². The molecule has 5 heteroatoms. The van der Waals surface area contributed by atoms with Gasteiger partial charge in [0.15, 0.2) is 0 Å². The highest BCUT2D eigenvalue weighted by Gasteiger charge is 2.19. The predicted octanol–water partition coefficient (Wildman–Crippen LogP) is 4.48. The van der Waals surface area contributed by atoms with Gasteiger partial charge in [0.05, 0.1) is 16.1 Å². The normalized spacial score (nSPS) is 13.0. The van der Waals surface area contributed by atoms with E-state index in [1.54, 1.807) is 17.6 Å². The molecular formula is C11H11Br2NOS. The molecule has 1 N–H and O–H groups in total. The van der Waals surface area contributed by atoms with E-state index in [1.165, 1.54) is 10.4 Å². The molecular weight excluding hydrogens is 354 g/mol. The van der Waals surface area contributed by atoms with Crippen molar-refractivity contribution in [3.05, 3.63) is 42.9 Å². The van der Waals surface area contributed by atoms with E-state index in [1.807, 2.05) is 20.0 Å². The molecule has 0 amide bonds. The van der Waals surface area contributed by atoms with E-state index in [0.29, 0.717) is 0 Å². The Bertz CT molecular complexity index is 472. The Morgan fingerprint density at radius 2 is 2.19 bits per heavy atom. The van der Waals surface area contributed by atoms with Crippen LogP contribution in [-0.4, -0.2) is 7.05 Å². The largest absolute Gasteiger partial charge is 0.469 e. The van der Waals surface area contributed by atoms with Crippen molar-refractivity contribution >= 4 is 43.2 Å². The summed E-state index contributed by atoms with van der Waals surface area (Å²) in [4.78, 5) is 1.26. The van der Waals surface area contributed by atoms with Crippen LogP contribution in [0.15, 0.2) is 31.1 Å². The van der Waals surface area contributed by atoms with Gasteiger partial charge < -0.3 is 9.73 Å². The molecule has 2 rings (SSSR count). The van der Waals surface area contributed by atoms with Gasteiger partial charge in [-0.1, -0.05) is 0 Å². The number of rotatable bonds is 3. The van der Waals surface area contributed by atoms with E-state index in [4.69, 9.17) is 4.42 Å². The lowest BCUT2D eigenvalue weighted by molar-refractivity contribution is 0.524. The molecule has 0 spiro atoms. The van der Waals surface area contributed by atoms with E-state index < -0.39 is 0 Å². The Balaban J connectivity index is 2.40. The molecule has 0 aliphatic carbocycles. The minimum Gasteiger partial charge on any atom is -0.469 e. The summed E-state index contributed by atoms with van der Waals surface area (Å²) < 4.78 is 7.55. The maximum Gasteiger partial charge on any atom is 0.105 e. The van der Waals surface area contributed by atoms with Crippen molar-refractivity contribution < 1.29 is 4.42 Å². The van der Waals surface area contributed by atoms with Crippen LogP contribution in [0.3, 0.4) is 0 Å². The number of thiophene rings is 1. The fourth-order valence-electron chi connectivity index (χ4n) is 1.65. The van der Waals surface area contributed by atoms with Gasteiger partial charge in [-0.2, -0.15) is 0 Å². The lowest BCUT2D eigenvalue weighted by Crippen LogP contribution is -2.16. The monoisotopic (exact) mass is 363 g/mol. The highest BCUT2D eigenvalue weighted by Crippen LogP contribution is 2.38. The first-order valence-corrected chi connectivity index (χ1v) is 7.19. The highest BCUT2D eigenvalue weighted by atomic mass is 79.9. The molecule has 1 unspecified atom stereocenters. The smallest absolute Gasteiger partial charge is 0.105 e. The molecule has 0 fully saturated rings. The summed E-state index contributed by atoms with van der Waals surface area (Å²) >= 11 is 8.74. The Morgan fingerprint density at radius 3 is 2.62 bits per heavy atom. The van der Waals surface area contributed by atoms with E-state index in [9.17, 15) is 0 Å². The third kappa shape index (κ3) is 2.27. The van der Waals surface area contributed by atoms with Crippen LogP contribution in [0.1, 0.15) is 22.2 Å². The van der Waals surface area contributed by atoms with E-state index >= 15 is 0 Å². The zero-order valence-corrected chi connectivity index (χ0v) is 12.9. The summed E-state index contributed by atoms with van der Waals surface area (Å²) in [5.41, 5.74) is 1.18. The topological polar surface area (TPSA) is 25.2 Å². The number of halogens is 2. The number of hydrogen-bond donors (Lipinski definition) is 1. The van der Waals surface area contributed by atoms with Crippen molar-refractivity contribution in [2.24, 2.45) is 0 Å². The minimum atomic E-state index is 0.186. The summed E-state index contributed by atoms with van der Waals surface area (Å²) in [7, 11) is 1.96. The second-order valence-corrected chi connectivity index (χ2v) is 6.68. The Labute approximate surface area is 115 Å². The number of aryl methyl sites for hydroxylation is 1. The summed E-state index contributed by atoms with van der Waals surface area (Å²) in [6.45, 7) is 1.98. The Hall–Kier alpha value is -0.100. The molecule has 0 aliphatic heterocycles. The van der Waals surface area contributed by atoms with Gasteiger partial charge in [0, 0.05) is 14.9 Å². The zero-order valence-electron chi connectivity index (χ0n) is 8.88. The molecule has 2 aromatic heterocycles. The molecule has 2 heterocycles. The van der Waals surface area contributed by atoms with Gasteiger partial charge in [-0.3, -0.25) is 0 Å². The average molecular weight is 365 g/mol. The maximum absolute atomic E-state index is 5.35. The molecule has 0 aromatic carbocycles. The van der Waals surface area contributed by atoms with E-state index in [0.717, 1.165) is 14.0 Å². The van der Waals surface area contributed by atoms with Crippen LogP contribution in [0.5, 0.6) is 0 Å². The molecule has 0 radical (unpaired) electrons. The molecule has 2 nitrogen and oxygen atoms in total. The molecule has 0 saturated carbocycles. The quantitative estimate of drug-likeness (QED) is 0.868. The lowest BCUT2D eigenvalue weighted by Gasteiger charge is -2.13. The van der Waals surface area contributed by atoms with Crippen LogP contribution in [0, 0.1) is 6.92 Å². The third-order valence-corrected chi connectivity index (χ3v) is 5.77. The minimum absolute atomic E-state index is 0.186. The first kappa shape index (κ1) is 12.4. The Kier molecular flexibility index (Phi) is 3.89. The highest BCUT2D eigenvalue weighted by molar-refractivity contribution is 9.13. The lowest BCUT2D eigenvalue weighted by atomic mass is 10.1. The number of furan rings is 1. The number of hydrogen-bond acceptors (Lipinski definition) is 3. The van der Waals surface area contributed by atoms with Gasteiger partial charge in [0.1, 0.15) is 5.76 Å². The van der Waals surface area contributed by atoms with Gasteiger partial charge in [-0.15, -0.1) is 11.3 Å². The first-order chi connectivity index (χ1) is 7.63. The standard InChI is InChI=1S/C11H11Br2NOS/c1-6-7(3-4-15-6)10(14-2)9-5-8(12)11(13)16-9/h3-5,10,14H,1-2H3. The fourth-order valence-corrected chi connectivity index (χ4v) is 3.87. The van der Waals surface area contributed by atoms with Crippen LogP contribution in [0.2, 0.25) is 0 Å². The average Bonchev–Trinajstić information content (AvgIpc) is 2.78. The third-order valence-electron chi connectivity index (χ3n) is 2.45. The molecule has 0 aliphatic rings. The van der Waals surface area contributed by atoms with E-state index in [2.05, 4.69) is 43.2 Å².